The first-order valence-corrected chi connectivity index (χ1v) is 13.7. The van der Waals surface area contributed by atoms with Crippen LogP contribution in [-0.2, 0) is 16.0 Å². The molecular formula is C31H33N3O3S. The number of amides is 2. The molecule has 0 bridgehead atoms. The number of aliphatic imine (C=N–C) groups is 1. The van der Waals surface area contributed by atoms with Gasteiger partial charge in [-0.2, -0.15) is 0 Å². The van der Waals surface area contributed by atoms with Crippen LogP contribution in [0, 0.1) is 13.8 Å². The number of aryl methyl sites for hydroxylation is 3. The van der Waals surface area contributed by atoms with E-state index in [0.717, 1.165) is 53.1 Å². The molecule has 0 fully saturated rings. The van der Waals surface area contributed by atoms with Gasteiger partial charge >= 0.3 is 0 Å². The van der Waals surface area contributed by atoms with Gasteiger partial charge in [0.05, 0.1) is 18.6 Å². The molecule has 0 spiro atoms. The van der Waals surface area contributed by atoms with E-state index < -0.39 is 0 Å². The van der Waals surface area contributed by atoms with Crippen LogP contribution in [0.25, 0.3) is 6.08 Å². The summed E-state index contributed by atoms with van der Waals surface area (Å²) in [5.74, 6) is 0.486. The van der Waals surface area contributed by atoms with Gasteiger partial charge in [-0.15, -0.1) is 0 Å². The van der Waals surface area contributed by atoms with Crippen LogP contribution < -0.4 is 15.0 Å². The third kappa shape index (κ3) is 6.92. The molecule has 2 amide bonds. The zero-order valence-corrected chi connectivity index (χ0v) is 23.1. The SMILES string of the molecule is CCCCc1ccc(NC(=O)CSC2=N/C(=C\c3ccc(OC)cc3)C(=O)N2c2cc(C)cc(C)c2)cc1. The van der Waals surface area contributed by atoms with Gasteiger partial charge in [0.2, 0.25) is 5.91 Å². The number of hydrogen-bond acceptors (Lipinski definition) is 5. The van der Waals surface area contributed by atoms with E-state index in [1.165, 1.54) is 17.3 Å². The maximum absolute atomic E-state index is 13.5. The minimum absolute atomic E-state index is 0.126. The average Bonchev–Trinajstić information content (AvgIpc) is 3.21. The number of thioether (sulfide) groups is 1. The fraction of sp³-hybridized carbons (Fsp3) is 0.258. The minimum atomic E-state index is -0.226. The zero-order chi connectivity index (χ0) is 27.1. The number of anilines is 2. The second-order valence-electron chi connectivity index (χ2n) is 9.32. The second-order valence-corrected chi connectivity index (χ2v) is 10.3. The van der Waals surface area contributed by atoms with Crippen molar-refractivity contribution in [3.63, 3.8) is 0 Å². The van der Waals surface area contributed by atoms with E-state index in [1.54, 1.807) is 18.1 Å². The van der Waals surface area contributed by atoms with Gasteiger partial charge in [-0.05, 0) is 91.4 Å². The van der Waals surface area contributed by atoms with Crippen LogP contribution in [0.5, 0.6) is 5.75 Å². The number of ether oxygens (including phenoxy) is 1. The summed E-state index contributed by atoms with van der Waals surface area (Å²) in [6, 6.07) is 21.4. The molecule has 7 heteroatoms. The monoisotopic (exact) mass is 527 g/mol. The largest absolute Gasteiger partial charge is 0.497 e. The first-order chi connectivity index (χ1) is 18.4. The van der Waals surface area contributed by atoms with Crippen LogP contribution in [0.3, 0.4) is 0 Å². The molecule has 3 aromatic rings. The summed E-state index contributed by atoms with van der Waals surface area (Å²) in [6.07, 6.45) is 5.09. The Bertz CT molecular complexity index is 1340. The third-order valence-corrected chi connectivity index (χ3v) is 7.04. The van der Waals surface area contributed by atoms with E-state index in [2.05, 4.69) is 35.4 Å². The van der Waals surface area contributed by atoms with E-state index in [4.69, 9.17) is 4.74 Å². The molecule has 0 atom stereocenters. The van der Waals surface area contributed by atoms with Gasteiger partial charge in [0.1, 0.15) is 11.4 Å². The lowest BCUT2D eigenvalue weighted by molar-refractivity contribution is -0.114. The van der Waals surface area contributed by atoms with Crippen molar-refractivity contribution in [1.82, 2.24) is 0 Å². The second kappa shape index (κ2) is 12.6. The number of carbonyl (C=O) groups is 2. The molecule has 1 aliphatic rings. The lowest BCUT2D eigenvalue weighted by Crippen LogP contribution is -2.31. The van der Waals surface area contributed by atoms with Crippen molar-refractivity contribution in [1.29, 1.82) is 0 Å². The van der Waals surface area contributed by atoms with Crippen molar-refractivity contribution < 1.29 is 14.3 Å². The summed E-state index contributed by atoms with van der Waals surface area (Å²) in [6.45, 7) is 6.17. The Labute approximate surface area is 228 Å². The molecular weight excluding hydrogens is 494 g/mol. The number of rotatable bonds is 9. The molecule has 0 unspecified atom stereocenters. The lowest BCUT2D eigenvalue weighted by atomic mass is 10.1. The summed E-state index contributed by atoms with van der Waals surface area (Å²) in [5.41, 5.74) is 6.00. The summed E-state index contributed by atoms with van der Waals surface area (Å²) >= 11 is 1.25. The van der Waals surface area contributed by atoms with Crippen molar-refractivity contribution >= 4 is 46.2 Å². The van der Waals surface area contributed by atoms with E-state index in [-0.39, 0.29) is 17.6 Å². The highest BCUT2D eigenvalue weighted by molar-refractivity contribution is 8.14. The van der Waals surface area contributed by atoms with Gasteiger partial charge in [-0.25, -0.2) is 4.99 Å². The van der Waals surface area contributed by atoms with E-state index in [9.17, 15) is 9.59 Å². The minimum Gasteiger partial charge on any atom is -0.497 e. The van der Waals surface area contributed by atoms with Gasteiger partial charge in [0.25, 0.3) is 5.91 Å². The van der Waals surface area contributed by atoms with Crippen molar-refractivity contribution in [2.24, 2.45) is 4.99 Å². The number of nitrogens with one attached hydrogen (secondary N) is 1. The van der Waals surface area contributed by atoms with Crippen molar-refractivity contribution in [2.45, 2.75) is 40.0 Å². The number of methoxy groups -OCH3 is 1. The van der Waals surface area contributed by atoms with Gasteiger partial charge in [0.15, 0.2) is 5.17 Å². The number of carbonyl (C=O) groups excluding carboxylic acids is 2. The Morgan fingerprint density at radius 1 is 1.03 bits per heavy atom. The molecule has 1 aliphatic heterocycles. The molecule has 0 radical (unpaired) electrons. The number of benzene rings is 3. The average molecular weight is 528 g/mol. The summed E-state index contributed by atoms with van der Waals surface area (Å²) in [5, 5.41) is 3.43. The Morgan fingerprint density at radius 3 is 2.34 bits per heavy atom. The predicted molar refractivity (Wildman–Crippen MR) is 158 cm³/mol. The van der Waals surface area contributed by atoms with E-state index in [1.807, 2.05) is 62.4 Å². The van der Waals surface area contributed by atoms with Crippen molar-refractivity contribution in [2.75, 3.05) is 23.1 Å². The molecule has 1 heterocycles. The highest BCUT2D eigenvalue weighted by Crippen LogP contribution is 2.31. The Balaban J connectivity index is 1.52. The topological polar surface area (TPSA) is 71.0 Å². The van der Waals surface area contributed by atoms with E-state index >= 15 is 0 Å². The zero-order valence-electron chi connectivity index (χ0n) is 22.3. The fourth-order valence-corrected chi connectivity index (χ4v) is 5.03. The first-order valence-electron chi connectivity index (χ1n) is 12.7. The Hall–Kier alpha value is -3.84. The molecule has 4 rings (SSSR count). The maximum Gasteiger partial charge on any atom is 0.283 e. The quantitative estimate of drug-likeness (QED) is 0.312. The van der Waals surface area contributed by atoms with Gasteiger partial charge in [-0.3, -0.25) is 14.5 Å². The molecule has 38 heavy (non-hydrogen) atoms. The van der Waals surface area contributed by atoms with Gasteiger partial charge in [0, 0.05) is 5.69 Å². The summed E-state index contributed by atoms with van der Waals surface area (Å²) < 4.78 is 5.23. The Kier molecular flexibility index (Phi) is 9.02. The summed E-state index contributed by atoms with van der Waals surface area (Å²) in [4.78, 5) is 32.5. The molecule has 6 nitrogen and oxygen atoms in total. The Morgan fingerprint density at radius 2 is 1.71 bits per heavy atom. The highest BCUT2D eigenvalue weighted by Gasteiger charge is 2.32. The molecule has 0 saturated heterocycles. The van der Waals surface area contributed by atoms with Crippen molar-refractivity contribution in [3.8, 4) is 5.75 Å². The molecule has 196 valence electrons. The number of amidine groups is 1. The smallest absolute Gasteiger partial charge is 0.283 e. The molecule has 0 aromatic heterocycles. The number of nitrogens with zero attached hydrogens (tertiary/aromatic N) is 2. The number of unbranched alkanes of at least 4 members (excludes halogenated alkanes) is 1. The van der Waals surface area contributed by atoms with E-state index in [0.29, 0.717) is 10.9 Å². The van der Waals surface area contributed by atoms with Crippen molar-refractivity contribution in [3.05, 3.63) is 94.7 Å². The van der Waals surface area contributed by atoms with Crippen LogP contribution in [0.4, 0.5) is 11.4 Å². The fourth-order valence-electron chi connectivity index (χ4n) is 4.22. The van der Waals surface area contributed by atoms with Crippen LogP contribution in [-0.4, -0.2) is 29.8 Å². The van der Waals surface area contributed by atoms with Crippen LogP contribution in [0.1, 0.15) is 42.0 Å². The molecule has 3 aromatic carbocycles. The predicted octanol–water partition coefficient (Wildman–Crippen LogP) is 6.77. The normalized spacial score (nSPS) is 14.1. The standard InChI is InChI=1S/C31H33N3O3S/c1-5-6-7-23-8-12-25(13-9-23)32-29(35)20-38-31-33-28(19-24-10-14-27(37-4)15-11-24)30(36)34(31)26-17-21(2)16-22(3)18-26/h8-19H,5-7,20H2,1-4H3,(H,32,35)/b28-19-. The van der Waals surface area contributed by atoms with Gasteiger partial charge < -0.3 is 10.1 Å². The third-order valence-electron chi connectivity index (χ3n) is 6.10. The van der Waals surface area contributed by atoms with Crippen LogP contribution in [0.15, 0.2) is 77.4 Å². The summed E-state index contributed by atoms with van der Waals surface area (Å²) in [7, 11) is 1.61. The first kappa shape index (κ1) is 27.2. The lowest BCUT2D eigenvalue weighted by Gasteiger charge is -2.19. The van der Waals surface area contributed by atoms with Crippen LogP contribution in [0.2, 0.25) is 0 Å². The molecule has 0 saturated carbocycles. The molecule has 1 N–H and O–H groups in total. The van der Waals surface area contributed by atoms with Gasteiger partial charge in [-0.1, -0.05) is 55.4 Å². The highest BCUT2D eigenvalue weighted by atomic mass is 32.2. The molecule has 0 aliphatic carbocycles. The maximum atomic E-state index is 13.5. The van der Waals surface area contributed by atoms with Crippen LogP contribution >= 0.6 is 11.8 Å². The number of hydrogen-bond donors (Lipinski definition) is 1.